The Morgan fingerprint density at radius 3 is 2.94 bits per heavy atom. The fraction of sp³-hybridized carbons (Fsp3) is 0.182. The van der Waals surface area contributed by atoms with E-state index >= 15 is 0 Å². The van der Waals surface area contributed by atoms with Crippen LogP contribution < -0.4 is 5.56 Å². The van der Waals surface area contributed by atoms with Gasteiger partial charge in [0.05, 0.1) is 10.0 Å². The smallest absolute Gasteiger partial charge is 0.355 e. The van der Waals surface area contributed by atoms with Crippen molar-refractivity contribution in [3.8, 4) is 0 Å². The molecule has 0 bridgehead atoms. The summed E-state index contributed by atoms with van der Waals surface area (Å²) in [5.74, 6) is -1.04. The minimum atomic E-state index is -1.04. The van der Waals surface area contributed by atoms with E-state index in [1.807, 2.05) is 0 Å². The van der Waals surface area contributed by atoms with Gasteiger partial charge in [0.25, 0.3) is 5.56 Å². The highest BCUT2D eigenvalue weighted by atomic mass is 35.5. The summed E-state index contributed by atoms with van der Waals surface area (Å²) >= 11 is 7.06. The molecule has 0 atom stereocenters. The van der Waals surface area contributed by atoms with Crippen LogP contribution in [0.25, 0.3) is 0 Å². The molecule has 0 amide bonds. The first kappa shape index (κ1) is 12.8. The Balaban J connectivity index is 2.09. The maximum atomic E-state index is 11.5. The predicted molar refractivity (Wildman–Crippen MR) is 68.5 cm³/mol. The van der Waals surface area contributed by atoms with Crippen molar-refractivity contribution in [1.29, 1.82) is 0 Å². The van der Waals surface area contributed by atoms with E-state index < -0.39 is 5.97 Å². The molecule has 0 radical (unpaired) electrons. The highest BCUT2D eigenvalue weighted by Gasteiger charge is 2.08. The molecule has 0 aliphatic rings. The van der Waals surface area contributed by atoms with Gasteiger partial charge < -0.3 is 9.67 Å². The van der Waals surface area contributed by atoms with E-state index in [2.05, 4.69) is 4.98 Å². The van der Waals surface area contributed by atoms with Crippen LogP contribution >= 0.6 is 22.9 Å². The Hall–Kier alpha value is -1.66. The molecule has 0 saturated carbocycles. The van der Waals surface area contributed by atoms with Crippen LogP contribution in [0.5, 0.6) is 0 Å². The largest absolute Gasteiger partial charge is 0.476 e. The fourth-order valence-electron chi connectivity index (χ4n) is 1.42. The van der Waals surface area contributed by atoms with Gasteiger partial charge >= 0.3 is 5.97 Å². The number of hydrogen-bond acceptors (Lipinski definition) is 4. The van der Waals surface area contributed by atoms with Crippen molar-refractivity contribution in [3.63, 3.8) is 0 Å². The number of pyridine rings is 1. The molecular weight excluding hydrogens is 276 g/mol. The Kier molecular flexibility index (Phi) is 3.78. The van der Waals surface area contributed by atoms with Gasteiger partial charge in [-0.25, -0.2) is 9.78 Å². The molecule has 94 valence electrons. The van der Waals surface area contributed by atoms with Crippen LogP contribution in [0.2, 0.25) is 5.02 Å². The quantitative estimate of drug-likeness (QED) is 0.931. The van der Waals surface area contributed by atoms with Crippen molar-refractivity contribution in [2.24, 2.45) is 0 Å². The van der Waals surface area contributed by atoms with Gasteiger partial charge in [-0.15, -0.1) is 11.3 Å². The molecule has 0 spiro atoms. The van der Waals surface area contributed by atoms with E-state index in [1.54, 1.807) is 6.20 Å². The molecule has 0 fully saturated rings. The van der Waals surface area contributed by atoms with Crippen LogP contribution in [0.3, 0.4) is 0 Å². The Bertz CT molecular complexity index is 635. The number of carbonyl (C=O) groups is 1. The molecule has 2 rings (SSSR count). The zero-order valence-corrected chi connectivity index (χ0v) is 10.7. The number of aromatic carboxylic acids is 1. The number of aryl methyl sites for hydroxylation is 2. The first-order valence-corrected chi connectivity index (χ1v) is 6.36. The third kappa shape index (κ3) is 2.96. The molecule has 7 heteroatoms. The second-order valence-electron chi connectivity index (χ2n) is 3.56. The van der Waals surface area contributed by atoms with Gasteiger partial charge in [0.1, 0.15) is 0 Å². The van der Waals surface area contributed by atoms with Crippen molar-refractivity contribution in [3.05, 3.63) is 49.8 Å². The van der Waals surface area contributed by atoms with E-state index in [0.717, 1.165) is 0 Å². The summed E-state index contributed by atoms with van der Waals surface area (Å²) in [6.45, 7) is 0.423. The predicted octanol–water partition coefficient (Wildman–Crippen LogP) is 1.90. The average molecular weight is 285 g/mol. The molecule has 2 aromatic heterocycles. The second kappa shape index (κ2) is 5.32. The van der Waals surface area contributed by atoms with E-state index in [-0.39, 0.29) is 11.3 Å². The molecule has 1 N–H and O–H groups in total. The van der Waals surface area contributed by atoms with Gasteiger partial charge in [0.15, 0.2) is 5.69 Å². The number of hydrogen-bond donors (Lipinski definition) is 1. The molecule has 2 aromatic rings. The van der Waals surface area contributed by atoms with Crippen molar-refractivity contribution < 1.29 is 9.90 Å². The van der Waals surface area contributed by atoms with Crippen LogP contribution in [-0.4, -0.2) is 20.6 Å². The number of rotatable bonds is 4. The number of thiazole rings is 1. The number of nitrogens with zero attached hydrogens (tertiary/aromatic N) is 2. The summed E-state index contributed by atoms with van der Waals surface area (Å²) in [5.41, 5.74) is -0.108. The molecule has 0 aromatic carbocycles. The maximum Gasteiger partial charge on any atom is 0.355 e. The van der Waals surface area contributed by atoms with Gasteiger partial charge in [-0.3, -0.25) is 4.79 Å². The van der Waals surface area contributed by atoms with Crippen molar-refractivity contribution in [2.75, 3.05) is 0 Å². The van der Waals surface area contributed by atoms with Gasteiger partial charge in [0, 0.05) is 30.6 Å². The van der Waals surface area contributed by atoms with Gasteiger partial charge in [-0.2, -0.15) is 0 Å². The molecular formula is C11H9ClN2O3S. The van der Waals surface area contributed by atoms with Crippen molar-refractivity contribution in [2.45, 2.75) is 13.0 Å². The standard InChI is InChI=1S/C11H9ClN2O3S/c12-7-1-2-10(15)14(5-7)4-3-9-13-8(6-18-9)11(16)17/h1-2,5-6H,3-4H2,(H,16,17). The van der Waals surface area contributed by atoms with Crippen molar-refractivity contribution >= 4 is 28.9 Å². The molecule has 18 heavy (non-hydrogen) atoms. The maximum absolute atomic E-state index is 11.5. The first-order valence-electron chi connectivity index (χ1n) is 5.10. The molecule has 2 heterocycles. The SMILES string of the molecule is O=C(O)c1csc(CCn2cc(Cl)ccc2=O)n1. The van der Waals surface area contributed by atoms with E-state index in [0.29, 0.717) is 23.0 Å². The zero-order chi connectivity index (χ0) is 13.1. The highest BCUT2D eigenvalue weighted by Crippen LogP contribution is 2.11. The van der Waals surface area contributed by atoms with Gasteiger partial charge in [0.2, 0.25) is 0 Å². The second-order valence-corrected chi connectivity index (χ2v) is 4.94. The van der Waals surface area contributed by atoms with E-state index in [1.165, 1.54) is 33.4 Å². The number of aromatic nitrogens is 2. The van der Waals surface area contributed by atoms with E-state index in [9.17, 15) is 9.59 Å². The lowest BCUT2D eigenvalue weighted by atomic mass is 10.4. The summed E-state index contributed by atoms with van der Waals surface area (Å²) in [7, 11) is 0. The number of halogens is 1. The lowest BCUT2D eigenvalue weighted by Gasteiger charge is -2.03. The Morgan fingerprint density at radius 1 is 1.50 bits per heavy atom. The Morgan fingerprint density at radius 2 is 2.28 bits per heavy atom. The lowest BCUT2D eigenvalue weighted by molar-refractivity contribution is 0.0691. The Labute approximate surface area is 111 Å². The summed E-state index contributed by atoms with van der Waals surface area (Å²) in [6, 6.07) is 2.93. The molecule has 0 aliphatic heterocycles. The minimum Gasteiger partial charge on any atom is -0.476 e. The summed E-state index contributed by atoms with van der Waals surface area (Å²) in [5, 5.41) is 11.4. The zero-order valence-electron chi connectivity index (χ0n) is 9.17. The minimum absolute atomic E-state index is 0.0356. The first-order chi connectivity index (χ1) is 8.56. The topological polar surface area (TPSA) is 72.2 Å². The van der Waals surface area contributed by atoms with Gasteiger partial charge in [-0.05, 0) is 6.07 Å². The summed E-state index contributed by atoms with van der Waals surface area (Å²) in [6.07, 6.45) is 2.05. The van der Waals surface area contributed by atoms with Crippen molar-refractivity contribution in [1.82, 2.24) is 9.55 Å². The summed E-state index contributed by atoms with van der Waals surface area (Å²) in [4.78, 5) is 26.1. The lowest BCUT2D eigenvalue weighted by Crippen LogP contribution is -2.19. The van der Waals surface area contributed by atoms with Crippen LogP contribution in [0.15, 0.2) is 28.5 Å². The van der Waals surface area contributed by atoms with Crippen LogP contribution in [0.4, 0.5) is 0 Å². The van der Waals surface area contributed by atoms with Crippen LogP contribution in [-0.2, 0) is 13.0 Å². The average Bonchev–Trinajstić information content (AvgIpc) is 2.79. The number of carboxylic acid groups (broad SMARTS) is 1. The fourth-order valence-corrected chi connectivity index (χ4v) is 2.36. The normalized spacial score (nSPS) is 10.5. The molecule has 0 aliphatic carbocycles. The monoisotopic (exact) mass is 284 g/mol. The molecule has 5 nitrogen and oxygen atoms in total. The van der Waals surface area contributed by atoms with Gasteiger partial charge in [-0.1, -0.05) is 11.6 Å². The number of carboxylic acids is 1. The highest BCUT2D eigenvalue weighted by molar-refractivity contribution is 7.09. The van der Waals surface area contributed by atoms with Crippen LogP contribution in [0.1, 0.15) is 15.5 Å². The molecule has 0 saturated heterocycles. The van der Waals surface area contributed by atoms with E-state index in [4.69, 9.17) is 16.7 Å². The van der Waals surface area contributed by atoms with Crippen LogP contribution in [0, 0.1) is 0 Å². The summed E-state index contributed by atoms with van der Waals surface area (Å²) < 4.78 is 1.48. The molecule has 0 unspecified atom stereocenters. The third-order valence-corrected chi connectivity index (χ3v) is 3.42. The third-order valence-electron chi connectivity index (χ3n) is 2.28.